The van der Waals surface area contributed by atoms with Gasteiger partial charge in [-0.1, -0.05) is 37.5 Å². The van der Waals surface area contributed by atoms with Crippen LogP contribution in [0.15, 0.2) is 30.3 Å². The van der Waals surface area contributed by atoms with Crippen molar-refractivity contribution < 1.29 is 23.1 Å². The normalized spacial score (nSPS) is 17.9. The molecule has 3 N–H and O–H groups in total. The quantitative estimate of drug-likeness (QED) is 0.738. The number of hydrogen-bond acceptors (Lipinski definition) is 2. The summed E-state index contributed by atoms with van der Waals surface area (Å²) < 4.78 is 41.9. The van der Waals surface area contributed by atoms with E-state index in [1.165, 1.54) is 24.6 Å². The van der Waals surface area contributed by atoms with Crippen molar-refractivity contribution in [3.05, 3.63) is 47.2 Å². The number of halogens is 3. The zero-order valence-electron chi connectivity index (χ0n) is 16.7. The van der Waals surface area contributed by atoms with E-state index in [9.17, 15) is 23.1 Å². The Morgan fingerprint density at radius 2 is 1.86 bits per heavy atom. The molecular formula is C22H27F3N2O2. The molecule has 1 saturated carbocycles. The molecule has 29 heavy (non-hydrogen) atoms. The van der Waals surface area contributed by atoms with Gasteiger partial charge in [0, 0.05) is 17.9 Å². The van der Waals surface area contributed by atoms with Crippen LogP contribution in [0.2, 0.25) is 0 Å². The van der Waals surface area contributed by atoms with E-state index in [2.05, 4.69) is 0 Å². The van der Waals surface area contributed by atoms with E-state index < -0.39 is 17.7 Å². The second-order valence-corrected chi connectivity index (χ2v) is 8.16. The Balaban J connectivity index is 2.07. The minimum atomic E-state index is -4.80. The predicted octanol–water partition coefficient (Wildman–Crippen LogP) is 4.91. The Bertz CT molecular complexity index is 894. The third-order valence-electron chi connectivity index (χ3n) is 6.07. The number of rotatable bonds is 5. The van der Waals surface area contributed by atoms with Crippen molar-refractivity contribution in [1.82, 2.24) is 4.57 Å². The standard InChI is InChI=1S/C22H27F3N2O2/c1-14-18(20(26)28)12-19(27(14)13-15-7-4-3-5-8-15)16-9-6-10-17(11-16)21(2,29)22(23,24)25/h6,9-12,15,29H,3-5,7-8,13H2,1-2H3,(H2,26,28). The molecule has 1 atom stereocenters. The first-order chi connectivity index (χ1) is 13.5. The van der Waals surface area contributed by atoms with Crippen LogP contribution < -0.4 is 5.73 Å². The Hall–Kier alpha value is -2.28. The molecular weight excluding hydrogens is 381 g/mol. The summed E-state index contributed by atoms with van der Waals surface area (Å²) in [6, 6.07) is 7.41. The van der Waals surface area contributed by atoms with Crippen LogP contribution in [0.3, 0.4) is 0 Å². The van der Waals surface area contributed by atoms with Crippen LogP contribution in [0.1, 0.15) is 60.6 Å². The molecule has 1 amide bonds. The SMILES string of the molecule is Cc1c(C(N)=O)cc(-c2cccc(C(C)(O)C(F)(F)F)c2)n1CC1CCCCC1. The second-order valence-electron chi connectivity index (χ2n) is 8.16. The van der Waals surface area contributed by atoms with Gasteiger partial charge < -0.3 is 15.4 Å². The lowest BCUT2D eigenvalue weighted by molar-refractivity contribution is -0.258. The first kappa shape index (κ1) is 21.4. The molecule has 1 aromatic heterocycles. The molecule has 4 nitrogen and oxygen atoms in total. The molecule has 1 aromatic carbocycles. The van der Waals surface area contributed by atoms with Crippen LogP contribution >= 0.6 is 0 Å². The van der Waals surface area contributed by atoms with Crippen molar-refractivity contribution in [2.24, 2.45) is 11.7 Å². The topological polar surface area (TPSA) is 68.2 Å². The van der Waals surface area contributed by atoms with Crippen LogP contribution in [-0.4, -0.2) is 21.8 Å². The monoisotopic (exact) mass is 408 g/mol. The zero-order valence-corrected chi connectivity index (χ0v) is 16.7. The maximum absolute atomic E-state index is 13.3. The van der Waals surface area contributed by atoms with Crippen molar-refractivity contribution in [3.8, 4) is 11.3 Å². The molecule has 158 valence electrons. The molecule has 1 aliphatic carbocycles. The average Bonchev–Trinajstić information content (AvgIpc) is 2.98. The summed E-state index contributed by atoms with van der Waals surface area (Å²) in [7, 11) is 0. The van der Waals surface area contributed by atoms with Gasteiger partial charge >= 0.3 is 6.18 Å². The molecule has 7 heteroatoms. The largest absolute Gasteiger partial charge is 0.421 e. The summed E-state index contributed by atoms with van der Waals surface area (Å²) in [5, 5.41) is 10.1. The van der Waals surface area contributed by atoms with Gasteiger partial charge in [0.05, 0.1) is 5.56 Å². The number of amides is 1. The van der Waals surface area contributed by atoms with E-state index in [0.29, 0.717) is 35.0 Å². The van der Waals surface area contributed by atoms with E-state index in [-0.39, 0.29) is 5.56 Å². The number of hydrogen-bond donors (Lipinski definition) is 2. The van der Waals surface area contributed by atoms with Gasteiger partial charge in [-0.05, 0) is 55.9 Å². The fourth-order valence-corrected chi connectivity index (χ4v) is 4.14. The highest BCUT2D eigenvalue weighted by atomic mass is 19.4. The maximum atomic E-state index is 13.3. The fourth-order valence-electron chi connectivity index (χ4n) is 4.14. The molecule has 1 aliphatic rings. The van der Waals surface area contributed by atoms with E-state index >= 15 is 0 Å². The van der Waals surface area contributed by atoms with Gasteiger partial charge in [0.1, 0.15) is 0 Å². The number of nitrogens with zero attached hydrogens (tertiary/aromatic N) is 1. The summed E-state index contributed by atoms with van der Waals surface area (Å²) in [5.41, 5.74) is 4.54. The van der Waals surface area contributed by atoms with Gasteiger partial charge in [-0.15, -0.1) is 0 Å². The van der Waals surface area contributed by atoms with Gasteiger partial charge in [-0.25, -0.2) is 0 Å². The number of alkyl halides is 3. The lowest BCUT2D eigenvalue weighted by Gasteiger charge is -2.27. The lowest BCUT2D eigenvalue weighted by atomic mass is 9.89. The van der Waals surface area contributed by atoms with Crippen LogP contribution in [0.4, 0.5) is 13.2 Å². The molecule has 0 spiro atoms. The number of benzene rings is 1. The first-order valence-corrected chi connectivity index (χ1v) is 9.92. The number of aromatic nitrogens is 1. The molecule has 1 unspecified atom stereocenters. The van der Waals surface area contributed by atoms with Crippen molar-refractivity contribution in [2.75, 3.05) is 0 Å². The molecule has 1 heterocycles. The number of carbonyl (C=O) groups is 1. The van der Waals surface area contributed by atoms with E-state index in [1.54, 1.807) is 12.1 Å². The minimum Gasteiger partial charge on any atom is -0.376 e. The number of carbonyl (C=O) groups excluding carboxylic acids is 1. The smallest absolute Gasteiger partial charge is 0.376 e. The highest BCUT2D eigenvalue weighted by molar-refractivity contribution is 5.95. The Kier molecular flexibility index (Phi) is 5.81. The lowest BCUT2D eigenvalue weighted by Crippen LogP contribution is -2.39. The van der Waals surface area contributed by atoms with Gasteiger partial charge in [-0.2, -0.15) is 13.2 Å². The number of primary amides is 1. The van der Waals surface area contributed by atoms with Crippen molar-refractivity contribution in [3.63, 3.8) is 0 Å². The Labute approximate surface area is 168 Å². The summed E-state index contributed by atoms with van der Waals surface area (Å²) in [5.74, 6) is -0.111. The highest BCUT2D eigenvalue weighted by Crippen LogP contribution is 2.40. The number of aliphatic hydroxyl groups is 1. The van der Waals surface area contributed by atoms with Gasteiger partial charge in [0.15, 0.2) is 5.60 Å². The fraction of sp³-hybridized carbons (Fsp3) is 0.500. The van der Waals surface area contributed by atoms with E-state index in [0.717, 1.165) is 32.6 Å². The highest BCUT2D eigenvalue weighted by Gasteiger charge is 2.51. The van der Waals surface area contributed by atoms with Gasteiger partial charge in [0.25, 0.3) is 5.91 Å². The predicted molar refractivity (Wildman–Crippen MR) is 105 cm³/mol. The van der Waals surface area contributed by atoms with E-state index in [1.807, 2.05) is 11.5 Å². The summed E-state index contributed by atoms with van der Waals surface area (Å²) in [6.45, 7) is 3.24. The summed E-state index contributed by atoms with van der Waals surface area (Å²) >= 11 is 0. The summed E-state index contributed by atoms with van der Waals surface area (Å²) in [4.78, 5) is 11.9. The van der Waals surface area contributed by atoms with Crippen molar-refractivity contribution in [2.45, 2.75) is 64.3 Å². The van der Waals surface area contributed by atoms with Crippen molar-refractivity contribution in [1.29, 1.82) is 0 Å². The molecule has 1 fully saturated rings. The summed E-state index contributed by atoms with van der Waals surface area (Å²) in [6.07, 6.45) is 0.913. The average molecular weight is 408 g/mol. The van der Waals surface area contributed by atoms with Crippen LogP contribution in [-0.2, 0) is 12.1 Å². The molecule has 0 bridgehead atoms. The van der Waals surface area contributed by atoms with Crippen LogP contribution in [0.5, 0.6) is 0 Å². The van der Waals surface area contributed by atoms with Crippen molar-refractivity contribution >= 4 is 5.91 Å². The minimum absolute atomic E-state index is 0.244. The Morgan fingerprint density at radius 3 is 2.45 bits per heavy atom. The molecule has 0 aliphatic heterocycles. The van der Waals surface area contributed by atoms with Crippen LogP contribution in [0, 0.1) is 12.8 Å². The van der Waals surface area contributed by atoms with Crippen LogP contribution in [0.25, 0.3) is 11.3 Å². The van der Waals surface area contributed by atoms with E-state index in [4.69, 9.17) is 5.73 Å². The Morgan fingerprint density at radius 1 is 1.21 bits per heavy atom. The number of nitrogens with two attached hydrogens (primary N) is 1. The van der Waals surface area contributed by atoms with Gasteiger partial charge in [-0.3, -0.25) is 4.79 Å². The molecule has 0 radical (unpaired) electrons. The third-order valence-corrected chi connectivity index (χ3v) is 6.07. The van der Waals surface area contributed by atoms with Gasteiger partial charge in [0.2, 0.25) is 0 Å². The molecule has 2 aromatic rings. The third kappa shape index (κ3) is 4.20. The second kappa shape index (κ2) is 7.86. The zero-order chi connectivity index (χ0) is 21.4. The molecule has 3 rings (SSSR count). The first-order valence-electron chi connectivity index (χ1n) is 9.92. The molecule has 0 saturated heterocycles. The maximum Gasteiger partial charge on any atom is 0.421 e.